The van der Waals surface area contributed by atoms with Gasteiger partial charge in [0.15, 0.2) is 0 Å². The van der Waals surface area contributed by atoms with Crippen molar-refractivity contribution in [2.75, 3.05) is 18.1 Å². The fraction of sp³-hybridized carbons (Fsp3) is 0.174. The number of hydrazone groups is 1. The van der Waals surface area contributed by atoms with Gasteiger partial charge in [-0.05, 0) is 47.5 Å². The van der Waals surface area contributed by atoms with Crippen LogP contribution in [0, 0.1) is 0 Å². The highest BCUT2D eigenvalue weighted by Crippen LogP contribution is 2.37. The van der Waals surface area contributed by atoms with Crippen molar-refractivity contribution in [1.82, 2.24) is 4.41 Å². The first-order valence-corrected chi connectivity index (χ1v) is 13.4. The summed E-state index contributed by atoms with van der Waals surface area (Å²) in [7, 11) is -5.82. The van der Waals surface area contributed by atoms with E-state index in [0.717, 1.165) is 16.2 Å². The molecule has 1 aliphatic heterocycles. The van der Waals surface area contributed by atoms with Crippen molar-refractivity contribution in [3.8, 4) is 5.75 Å². The molecule has 1 aliphatic rings. The number of hydrogen-bond donors (Lipinski definition) is 1. The molecule has 0 saturated heterocycles. The molecule has 0 aliphatic carbocycles. The second kappa shape index (κ2) is 8.87. The van der Waals surface area contributed by atoms with E-state index >= 15 is 0 Å². The molecule has 172 valence electrons. The lowest BCUT2D eigenvalue weighted by atomic mass is 9.99. The van der Waals surface area contributed by atoms with Crippen LogP contribution in [-0.2, 0) is 20.0 Å². The summed E-state index contributed by atoms with van der Waals surface area (Å²) in [5.74, 6) is 0.662. The molecule has 3 aromatic rings. The van der Waals surface area contributed by atoms with Crippen molar-refractivity contribution >= 4 is 31.4 Å². The van der Waals surface area contributed by atoms with Crippen molar-refractivity contribution in [2.24, 2.45) is 5.10 Å². The molecule has 0 fully saturated rings. The largest absolute Gasteiger partial charge is 0.497 e. The Hall–Kier alpha value is -3.37. The first-order chi connectivity index (χ1) is 15.7. The molecule has 4 rings (SSSR count). The molecular weight excluding hydrogens is 462 g/mol. The van der Waals surface area contributed by atoms with E-state index in [2.05, 4.69) is 9.82 Å². The fourth-order valence-electron chi connectivity index (χ4n) is 3.64. The third-order valence-electron chi connectivity index (χ3n) is 5.16. The van der Waals surface area contributed by atoms with Crippen molar-refractivity contribution in [2.45, 2.75) is 17.4 Å². The summed E-state index contributed by atoms with van der Waals surface area (Å²) in [4.78, 5) is 0.140. The Labute approximate surface area is 193 Å². The van der Waals surface area contributed by atoms with Gasteiger partial charge in [-0.2, -0.15) is 17.9 Å². The zero-order valence-corrected chi connectivity index (χ0v) is 19.7. The Morgan fingerprint density at radius 3 is 2.27 bits per heavy atom. The summed E-state index contributed by atoms with van der Waals surface area (Å²) in [6, 6.07) is 21.5. The number of nitrogens with one attached hydrogen (secondary N) is 1. The highest BCUT2D eigenvalue weighted by atomic mass is 32.2. The average molecular weight is 486 g/mol. The SMILES string of the molecule is COc1ccc(C2CC(c3cccc(NS(C)(=O)=O)c3)=NN2S(=O)(=O)c2ccccc2)cc1. The smallest absolute Gasteiger partial charge is 0.279 e. The van der Waals surface area contributed by atoms with Crippen molar-refractivity contribution < 1.29 is 21.6 Å². The van der Waals surface area contributed by atoms with Gasteiger partial charge in [0.2, 0.25) is 10.0 Å². The molecule has 0 spiro atoms. The van der Waals surface area contributed by atoms with E-state index in [1.807, 2.05) is 12.1 Å². The summed E-state index contributed by atoms with van der Waals surface area (Å²) >= 11 is 0. The van der Waals surface area contributed by atoms with Gasteiger partial charge in [0.05, 0.1) is 30.0 Å². The zero-order chi connectivity index (χ0) is 23.6. The molecule has 1 unspecified atom stereocenters. The first-order valence-electron chi connectivity index (χ1n) is 10.1. The lowest BCUT2D eigenvalue weighted by Gasteiger charge is -2.23. The predicted molar refractivity (Wildman–Crippen MR) is 127 cm³/mol. The van der Waals surface area contributed by atoms with Gasteiger partial charge < -0.3 is 4.74 Å². The molecule has 1 atom stereocenters. The Kier molecular flexibility index (Phi) is 6.13. The fourth-order valence-corrected chi connectivity index (χ4v) is 5.65. The molecular formula is C23H23N3O5S2. The number of anilines is 1. The molecule has 0 bridgehead atoms. The molecule has 0 aromatic heterocycles. The van der Waals surface area contributed by atoms with Gasteiger partial charge in [-0.1, -0.05) is 42.5 Å². The van der Waals surface area contributed by atoms with E-state index in [4.69, 9.17) is 4.74 Å². The molecule has 1 heterocycles. The lowest BCUT2D eigenvalue weighted by Crippen LogP contribution is -2.27. The van der Waals surface area contributed by atoms with E-state index in [-0.39, 0.29) is 4.90 Å². The van der Waals surface area contributed by atoms with E-state index in [9.17, 15) is 16.8 Å². The highest BCUT2D eigenvalue weighted by Gasteiger charge is 2.37. The third kappa shape index (κ3) is 5.01. The zero-order valence-electron chi connectivity index (χ0n) is 18.0. The summed E-state index contributed by atoms with van der Waals surface area (Å²) in [6.07, 6.45) is 1.39. The van der Waals surface area contributed by atoms with Crippen LogP contribution in [0.3, 0.4) is 0 Å². The van der Waals surface area contributed by atoms with Crippen LogP contribution in [0.25, 0.3) is 0 Å². The molecule has 10 heteroatoms. The monoisotopic (exact) mass is 485 g/mol. The van der Waals surface area contributed by atoms with Gasteiger partial charge >= 0.3 is 0 Å². The summed E-state index contributed by atoms with van der Waals surface area (Å²) < 4.78 is 59.0. The molecule has 1 N–H and O–H groups in total. The predicted octanol–water partition coefficient (Wildman–Crippen LogP) is 3.61. The second-order valence-electron chi connectivity index (χ2n) is 7.59. The van der Waals surface area contributed by atoms with Crippen molar-refractivity contribution in [1.29, 1.82) is 0 Å². The summed E-state index contributed by atoms with van der Waals surface area (Å²) in [5, 5.41) is 4.50. The van der Waals surface area contributed by atoms with Crippen molar-refractivity contribution in [3.63, 3.8) is 0 Å². The van der Waals surface area contributed by atoms with Crippen LogP contribution in [0.4, 0.5) is 5.69 Å². The molecule has 0 amide bonds. The minimum atomic E-state index is -3.93. The minimum absolute atomic E-state index is 0.140. The van der Waals surface area contributed by atoms with E-state index in [0.29, 0.717) is 29.1 Å². The maximum absolute atomic E-state index is 13.5. The summed E-state index contributed by atoms with van der Waals surface area (Å²) in [5.41, 5.74) is 2.31. The van der Waals surface area contributed by atoms with Gasteiger partial charge in [0, 0.05) is 12.1 Å². The molecule has 3 aromatic carbocycles. The number of nitrogens with zero attached hydrogens (tertiary/aromatic N) is 2. The average Bonchev–Trinajstić information content (AvgIpc) is 3.25. The Balaban J connectivity index is 1.77. The van der Waals surface area contributed by atoms with Gasteiger partial charge in [0.25, 0.3) is 10.0 Å². The Morgan fingerprint density at radius 1 is 0.939 bits per heavy atom. The lowest BCUT2D eigenvalue weighted by molar-refractivity contribution is 0.370. The van der Waals surface area contributed by atoms with Crippen LogP contribution in [0.5, 0.6) is 5.75 Å². The number of rotatable bonds is 7. The highest BCUT2D eigenvalue weighted by molar-refractivity contribution is 7.92. The van der Waals surface area contributed by atoms with E-state index in [1.165, 1.54) is 12.1 Å². The maximum atomic E-state index is 13.5. The quantitative estimate of drug-likeness (QED) is 0.550. The van der Waals surface area contributed by atoms with Crippen LogP contribution >= 0.6 is 0 Å². The Bertz CT molecular complexity index is 1390. The number of methoxy groups -OCH3 is 1. The maximum Gasteiger partial charge on any atom is 0.279 e. The molecule has 0 radical (unpaired) electrons. The van der Waals surface area contributed by atoms with Crippen LogP contribution in [0.1, 0.15) is 23.6 Å². The van der Waals surface area contributed by atoms with E-state index in [1.54, 1.807) is 61.7 Å². The van der Waals surface area contributed by atoms with Gasteiger partial charge in [-0.25, -0.2) is 8.42 Å². The van der Waals surface area contributed by atoms with Gasteiger partial charge in [-0.3, -0.25) is 4.72 Å². The number of ether oxygens (including phenoxy) is 1. The van der Waals surface area contributed by atoms with Crippen LogP contribution < -0.4 is 9.46 Å². The van der Waals surface area contributed by atoms with Crippen LogP contribution in [0.2, 0.25) is 0 Å². The molecule has 33 heavy (non-hydrogen) atoms. The number of sulfonamides is 2. The third-order valence-corrected chi connectivity index (χ3v) is 7.46. The number of benzene rings is 3. The van der Waals surface area contributed by atoms with Crippen LogP contribution in [0.15, 0.2) is 88.9 Å². The Morgan fingerprint density at radius 2 is 1.64 bits per heavy atom. The first kappa shape index (κ1) is 22.8. The summed E-state index contributed by atoms with van der Waals surface area (Å²) in [6.45, 7) is 0. The molecule has 0 saturated carbocycles. The van der Waals surface area contributed by atoms with Gasteiger partial charge in [-0.15, -0.1) is 0 Å². The normalized spacial score (nSPS) is 16.4. The standard InChI is InChI=1S/C23H23N3O5S2/c1-31-20-13-11-17(12-14-20)23-16-22(18-7-6-8-19(15-18)25-32(2,27)28)24-26(23)33(29,30)21-9-4-3-5-10-21/h3-15,23,25H,16H2,1-2H3. The number of hydrogen-bond acceptors (Lipinski definition) is 6. The van der Waals surface area contributed by atoms with Crippen molar-refractivity contribution in [3.05, 3.63) is 90.0 Å². The molecule has 8 nitrogen and oxygen atoms in total. The van der Waals surface area contributed by atoms with E-state index < -0.39 is 26.1 Å². The topological polar surface area (TPSA) is 105 Å². The second-order valence-corrected chi connectivity index (χ2v) is 11.1. The minimum Gasteiger partial charge on any atom is -0.497 e. The van der Waals surface area contributed by atoms with Gasteiger partial charge in [0.1, 0.15) is 5.75 Å². The van der Waals surface area contributed by atoms with Crippen LogP contribution in [-0.4, -0.2) is 40.3 Å².